The third-order valence-electron chi connectivity index (χ3n) is 2.77. The van der Waals surface area contributed by atoms with Gasteiger partial charge in [0, 0.05) is 9.51 Å². The molecule has 0 N–H and O–H groups in total. The lowest BCUT2D eigenvalue weighted by Gasteiger charge is -2.10. The molecule has 0 amide bonds. The van der Waals surface area contributed by atoms with Gasteiger partial charge in [-0.2, -0.15) is 0 Å². The summed E-state index contributed by atoms with van der Waals surface area (Å²) < 4.78 is 5.57. The van der Waals surface area contributed by atoms with Gasteiger partial charge in [-0.3, -0.25) is 0 Å². The number of hydrogen-bond donors (Lipinski definition) is 0. The average molecular weight is 352 g/mol. The molecule has 102 valence electrons. The Hall–Kier alpha value is -1.58. The summed E-state index contributed by atoms with van der Waals surface area (Å²) in [5, 5.41) is 0.619. The van der Waals surface area contributed by atoms with Gasteiger partial charge in [-0.25, -0.2) is 4.79 Å². The molecule has 0 aromatic heterocycles. The van der Waals surface area contributed by atoms with Gasteiger partial charge in [-0.05, 0) is 39.2 Å². The number of methoxy groups -OCH3 is 1. The van der Waals surface area contributed by atoms with Gasteiger partial charge in [0.15, 0.2) is 0 Å². The average Bonchev–Trinajstić information content (AvgIpc) is 2.50. The molecular formula is C16H12BrClO2. The molecule has 0 heterocycles. The molecule has 2 rings (SSSR count). The molecule has 2 nitrogen and oxygen atoms in total. The zero-order valence-corrected chi connectivity index (χ0v) is 13.1. The van der Waals surface area contributed by atoms with Gasteiger partial charge >= 0.3 is 5.97 Å². The predicted octanol–water partition coefficient (Wildman–Crippen LogP) is 4.78. The molecule has 0 aliphatic heterocycles. The van der Waals surface area contributed by atoms with E-state index in [1.165, 1.54) is 7.11 Å². The summed E-state index contributed by atoms with van der Waals surface area (Å²) in [4.78, 5) is 12.1. The van der Waals surface area contributed by atoms with E-state index in [1.54, 1.807) is 24.3 Å². The van der Waals surface area contributed by atoms with Crippen molar-refractivity contribution in [2.75, 3.05) is 7.11 Å². The molecular weight excluding hydrogens is 340 g/mol. The Bertz CT molecular complexity index is 633. The minimum absolute atomic E-state index is 0.400. The summed E-state index contributed by atoms with van der Waals surface area (Å²) >= 11 is 9.38. The van der Waals surface area contributed by atoms with Crippen molar-refractivity contribution in [1.29, 1.82) is 0 Å². The van der Waals surface area contributed by atoms with Gasteiger partial charge in [0.25, 0.3) is 0 Å². The lowest BCUT2D eigenvalue weighted by molar-refractivity contribution is -0.133. The largest absolute Gasteiger partial charge is 0.465 e. The quantitative estimate of drug-likeness (QED) is 0.452. The van der Waals surface area contributed by atoms with Crippen molar-refractivity contribution in [3.8, 4) is 0 Å². The van der Waals surface area contributed by atoms with Crippen molar-refractivity contribution in [1.82, 2.24) is 0 Å². The van der Waals surface area contributed by atoms with E-state index in [0.29, 0.717) is 15.1 Å². The number of carbonyl (C=O) groups is 1. The molecule has 0 unspecified atom stereocenters. The first-order valence-corrected chi connectivity index (χ1v) is 7.10. The van der Waals surface area contributed by atoms with E-state index >= 15 is 0 Å². The number of esters is 1. The van der Waals surface area contributed by atoms with Crippen LogP contribution in [0.5, 0.6) is 0 Å². The van der Waals surface area contributed by atoms with E-state index in [1.807, 2.05) is 30.3 Å². The van der Waals surface area contributed by atoms with Crippen molar-refractivity contribution in [3.63, 3.8) is 0 Å². The summed E-state index contributed by atoms with van der Waals surface area (Å²) in [6.07, 6.45) is 0. The number of hydrogen-bond acceptors (Lipinski definition) is 2. The maximum absolute atomic E-state index is 12.1. The zero-order valence-electron chi connectivity index (χ0n) is 10.8. The van der Waals surface area contributed by atoms with Gasteiger partial charge in [-0.1, -0.05) is 54.1 Å². The van der Waals surface area contributed by atoms with Gasteiger partial charge < -0.3 is 4.74 Å². The predicted molar refractivity (Wildman–Crippen MR) is 85.7 cm³/mol. The molecule has 0 radical (unpaired) electrons. The van der Waals surface area contributed by atoms with Gasteiger partial charge in [0.05, 0.1) is 12.7 Å². The number of benzene rings is 2. The summed E-state index contributed by atoms with van der Waals surface area (Å²) in [5.74, 6) is -0.400. The molecule has 0 saturated carbocycles. The highest BCUT2D eigenvalue weighted by Crippen LogP contribution is 2.32. The van der Waals surface area contributed by atoms with Crippen molar-refractivity contribution < 1.29 is 9.53 Å². The van der Waals surface area contributed by atoms with Crippen LogP contribution >= 0.6 is 27.5 Å². The minimum atomic E-state index is -0.400. The molecule has 0 fully saturated rings. The van der Waals surface area contributed by atoms with Crippen LogP contribution in [0.2, 0.25) is 5.02 Å². The molecule has 0 aliphatic rings. The topological polar surface area (TPSA) is 26.3 Å². The Balaban J connectivity index is 2.58. The van der Waals surface area contributed by atoms with Crippen LogP contribution < -0.4 is 0 Å². The zero-order chi connectivity index (χ0) is 14.5. The summed E-state index contributed by atoms with van der Waals surface area (Å²) in [6, 6.07) is 16.6. The van der Waals surface area contributed by atoms with Crippen LogP contribution in [0.25, 0.3) is 10.1 Å². The number of ether oxygens (including phenoxy) is 1. The van der Waals surface area contributed by atoms with Gasteiger partial charge in [0.1, 0.15) is 0 Å². The van der Waals surface area contributed by atoms with Crippen molar-refractivity contribution in [3.05, 3.63) is 70.7 Å². The maximum atomic E-state index is 12.1. The van der Waals surface area contributed by atoms with Crippen LogP contribution in [0, 0.1) is 0 Å². The van der Waals surface area contributed by atoms with Crippen LogP contribution in [0.4, 0.5) is 0 Å². The van der Waals surface area contributed by atoms with Gasteiger partial charge in [-0.15, -0.1) is 0 Å². The summed E-state index contributed by atoms with van der Waals surface area (Å²) in [6.45, 7) is 0. The van der Waals surface area contributed by atoms with Crippen molar-refractivity contribution >= 4 is 43.6 Å². The lowest BCUT2D eigenvalue weighted by atomic mass is 10.0. The number of halogens is 2. The molecule has 0 aliphatic carbocycles. The fourth-order valence-electron chi connectivity index (χ4n) is 1.78. The molecule has 2 aromatic rings. The smallest absolute Gasteiger partial charge is 0.339 e. The standard InChI is InChI=1S/C16H12BrClO2/c1-20-16(19)14(11-7-9-13(18)10-8-11)15(17)12-5-3-2-4-6-12/h2-10H,1H3/b15-14+. The van der Waals surface area contributed by atoms with E-state index in [2.05, 4.69) is 15.9 Å². The summed E-state index contributed by atoms with van der Waals surface area (Å²) in [7, 11) is 1.36. The monoisotopic (exact) mass is 350 g/mol. The highest BCUT2D eigenvalue weighted by atomic mass is 79.9. The Kier molecular flexibility index (Phi) is 4.99. The van der Waals surface area contributed by atoms with E-state index in [-0.39, 0.29) is 0 Å². The molecule has 0 atom stereocenters. The third kappa shape index (κ3) is 3.30. The highest BCUT2D eigenvalue weighted by molar-refractivity contribution is 9.15. The van der Waals surface area contributed by atoms with E-state index in [0.717, 1.165) is 11.1 Å². The van der Waals surface area contributed by atoms with E-state index in [4.69, 9.17) is 16.3 Å². The van der Waals surface area contributed by atoms with E-state index in [9.17, 15) is 4.79 Å². The van der Waals surface area contributed by atoms with Crippen LogP contribution in [0.1, 0.15) is 11.1 Å². The van der Waals surface area contributed by atoms with Crippen LogP contribution in [0.15, 0.2) is 54.6 Å². The molecule has 2 aromatic carbocycles. The lowest BCUT2D eigenvalue weighted by Crippen LogP contribution is -2.05. The molecule has 0 bridgehead atoms. The van der Waals surface area contributed by atoms with Crippen molar-refractivity contribution in [2.24, 2.45) is 0 Å². The fourth-order valence-corrected chi connectivity index (χ4v) is 2.56. The van der Waals surface area contributed by atoms with E-state index < -0.39 is 5.97 Å². The van der Waals surface area contributed by atoms with Crippen LogP contribution in [-0.4, -0.2) is 13.1 Å². The van der Waals surface area contributed by atoms with Crippen LogP contribution in [-0.2, 0) is 9.53 Å². The number of rotatable bonds is 3. The first-order chi connectivity index (χ1) is 9.63. The number of carbonyl (C=O) groups excluding carboxylic acids is 1. The second-order valence-corrected chi connectivity index (χ2v) is 5.28. The van der Waals surface area contributed by atoms with Crippen molar-refractivity contribution in [2.45, 2.75) is 0 Å². The summed E-state index contributed by atoms with van der Waals surface area (Å²) in [5.41, 5.74) is 2.12. The molecule has 0 saturated heterocycles. The second-order valence-electron chi connectivity index (χ2n) is 4.05. The Morgan fingerprint density at radius 1 is 1.00 bits per heavy atom. The Morgan fingerprint density at radius 3 is 2.15 bits per heavy atom. The Morgan fingerprint density at radius 2 is 1.60 bits per heavy atom. The first kappa shape index (κ1) is 14.8. The Labute approximate surface area is 131 Å². The molecule has 0 spiro atoms. The minimum Gasteiger partial charge on any atom is -0.465 e. The molecule has 20 heavy (non-hydrogen) atoms. The fraction of sp³-hybridized carbons (Fsp3) is 0.0625. The van der Waals surface area contributed by atoms with Gasteiger partial charge in [0.2, 0.25) is 0 Å². The second kappa shape index (κ2) is 6.73. The highest BCUT2D eigenvalue weighted by Gasteiger charge is 2.18. The molecule has 4 heteroatoms. The first-order valence-electron chi connectivity index (χ1n) is 5.93. The van der Waals surface area contributed by atoms with Crippen LogP contribution in [0.3, 0.4) is 0 Å². The normalized spacial score (nSPS) is 11.8. The SMILES string of the molecule is COC(=O)/C(=C(/Br)c1ccccc1)c1ccc(Cl)cc1. The maximum Gasteiger partial charge on any atom is 0.339 e. The third-order valence-corrected chi connectivity index (χ3v) is 3.88.